The van der Waals surface area contributed by atoms with Gasteiger partial charge in [-0.3, -0.25) is 4.79 Å². The molecular weight excluding hydrogens is 320 g/mol. The van der Waals surface area contributed by atoms with Gasteiger partial charge in [-0.25, -0.2) is 0 Å². The zero-order valence-corrected chi connectivity index (χ0v) is 15.3. The molecule has 0 unspecified atom stereocenters. The van der Waals surface area contributed by atoms with E-state index in [4.69, 9.17) is 11.6 Å². The summed E-state index contributed by atoms with van der Waals surface area (Å²) < 4.78 is 0. The standard InChI is InChI=1S/C20H25ClN2O/c1-14-11-15(2)20(16(3)12-14)23-10-8-19(24)22-9-7-17-5-4-6-18(21)13-17/h4-6,11-13,23H,7-10H2,1-3H3,(H,22,24). The monoisotopic (exact) mass is 344 g/mol. The predicted molar refractivity (Wildman–Crippen MR) is 102 cm³/mol. The fourth-order valence-corrected chi connectivity index (χ4v) is 3.10. The van der Waals surface area contributed by atoms with Crippen LogP contribution in [0.4, 0.5) is 5.69 Å². The highest BCUT2D eigenvalue weighted by atomic mass is 35.5. The minimum atomic E-state index is 0.0620. The lowest BCUT2D eigenvalue weighted by Gasteiger charge is -2.14. The zero-order valence-electron chi connectivity index (χ0n) is 14.6. The number of nitrogens with one attached hydrogen (secondary N) is 2. The van der Waals surface area contributed by atoms with E-state index in [-0.39, 0.29) is 5.91 Å². The van der Waals surface area contributed by atoms with Crippen LogP contribution in [0.25, 0.3) is 0 Å². The highest BCUT2D eigenvalue weighted by molar-refractivity contribution is 6.30. The quantitative estimate of drug-likeness (QED) is 0.780. The van der Waals surface area contributed by atoms with Crippen molar-refractivity contribution in [1.29, 1.82) is 0 Å². The van der Waals surface area contributed by atoms with E-state index < -0.39 is 0 Å². The number of anilines is 1. The Morgan fingerprint density at radius 2 is 1.75 bits per heavy atom. The van der Waals surface area contributed by atoms with Crippen LogP contribution >= 0.6 is 11.6 Å². The van der Waals surface area contributed by atoms with Crippen molar-refractivity contribution in [3.05, 3.63) is 63.7 Å². The largest absolute Gasteiger partial charge is 0.384 e. The van der Waals surface area contributed by atoms with Crippen molar-refractivity contribution < 1.29 is 4.79 Å². The molecule has 2 aromatic rings. The average Bonchev–Trinajstić information content (AvgIpc) is 2.50. The van der Waals surface area contributed by atoms with Gasteiger partial charge in [0.25, 0.3) is 0 Å². The van der Waals surface area contributed by atoms with E-state index in [0.29, 0.717) is 19.5 Å². The zero-order chi connectivity index (χ0) is 17.5. The number of aryl methyl sites for hydroxylation is 3. The molecule has 0 radical (unpaired) electrons. The van der Waals surface area contributed by atoms with Crippen molar-refractivity contribution in [2.24, 2.45) is 0 Å². The third kappa shape index (κ3) is 5.57. The van der Waals surface area contributed by atoms with Gasteiger partial charge in [0.05, 0.1) is 0 Å². The van der Waals surface area contributed by atoms with Crippen LogP contribution in [-0.2, 0) is 11.2 Å². The molecule has 2 N–H and O–H groups in total. The first-order valence-corrected chi connectivity index (χ1v) is 8.66. The topological polar surface area (TPSA) is 41.1 Å². The molecule has 0 aromatic heterocycles. The first-order valence-electron chi connectivity index (χ1n) is 8.28. The Labute approximate surface area is 149 Å². The number of hydrogen-bond donors (Lipinski definition) is 2. The van der Waals surface area contributed by atoms with Crippen molar-refractivity contribution in [2.75, 3.05) is 18.4 Å². The number of halogens is 1. The second-order valence-electron chi connectivity index (χ2n) is 6.18. The Morgan fingerprint density at radius 1 is 1.04 bits per heavy atom. The average molecular weight is 345 g/mol. The number of carbonyl (C=O) groups is 1. The van der Waals surface area contributed by atoms with E-state index in [9.17, 15) is 4.79 Å². The molecule has 0 aliphatic carbocycles. The van der Waals surface area contributed by atoms with Gasteiger partial charge in [0.1, 0.15) is 0 Å². The van der Waals surface area contributed by atoms with E-state index in [1.807, 2.05) is 24.3 Å². The van der Waals surface area contributed by atoms with Gasteiger partial charge >= 0.3 is 0 Å². The van der Waals surface area contributed by atoms with Crippen molar-refractivity contribution in [2.45, 2.75) is 33.6 Å². The summed E-state index contributed by atoms with van der Waals surface area (Å²) in [6.45, 7) is 7.54. The molecule has 3 nitrogen and oxygen atoms in total. The summed E-state index contributed by atoms with van der Waals surface area (Å²) in [7, 11) is 0. The van der Waals surface area contributed by atoms with Crippen LogP contribution in [0.15, 0.2) is 36.4 Å². The molecule has 0 spiro atoms. The van der Waals surface area contributed by atoms with Crippen LogP contribution < -0.4 is 10.6 Å². The summed E-state index contributed by atoms with van der Waals surface area (Å²) in [6, 6.07) is 12.0. The molecule has 0 saturated carbocycles. The van der Waals surface area contributed by atoms with E-state index in [1.54, 1.807) is 0 Å². The highest BCUT2D eigenvalue weighted by Crippen LogP contribution is 2.21. The van der Waals surface area contributed by atoms with Crippen molar-refractivity contribution in [3.63, 3.8) is 0 Å². The van der Waals surface area contributed by atoms with E-state index in [2.05, 4.69) is 43.5 Å². The van der Waals surface area contributed by atoms with Crippen LogP contribution in [-0.4, -0.2) is 19.0 Å². The van der Waals surface area contributed by atoms with Gasteiger partial charge < -0.3 is 10.6 Å². The van der Waals surface area contributed by atoms with Crippen molar-refractivity contribution in [3.8, 4) is 0 Å². The Kier molecular flexibility index (Phi) is 6.68. The Hall–Kier alpha value is -2.00. The summed E-state index contributed by atoms with van der Waals surface area (Å²) in [4.78, 5) is 11.9. The fraction of sp³-hybridized carbons (Fsp3) is 0.350. The first-order chi connectivity index (χ1) is 11.5. The Balaban J connectivity index is 1.72. The third-order valence-electron chi connectivity index (χ3n) is 3.96. The fourth-order valence-electron chi connectivity index (χ4n) is 2.89. The second-order valence-corrected chi connectivity index (χ2v) is 6.62. The van der Waals surface area contributed by atoms with Crippen LogP contribution in [0.2, 0.25) is 5.02 Å². The lowest BCUT2D eigenvalue weighted by Crippen LogP contribution is -2.27. The molecule has 0 atom stereocenters. The molecule has 0 aliphatic rings. The van der Waals surface area contributed by atoms with Gasteiger partial charge in [-0.2, -0.15) is 0 Å². The summed E-state index contributed by atoms with van der Waals surface area (Å²) in [5.41, 5.74) is 5.95. The van der Waals surface area contributed by atoms with Crippen LogP contribution in [0.1, 0.15) is 28.7 Å². The van der Waals surface area contributed by atoms with Crippen LogP contribution in [0.5, 0.6) is 0 Å². The molecule has 2 aromatic carbocycles. The normalized spacial score (nSPS) is 10.5. The molecule has 4 heteroatoms. The van der Waals surface area contributed by atoms with Crippen LogP contribution in [0.3, 0.4) is 0 Å². The minimum absolute atomic E-state index is 0.0620. The Bertz CT molecular complexity index is 690. The molecule has 24 heavy (non-hydrogen) atoms. The molecule has 0 fully saturated rings. The Morgan fingerprint density at radius 3 is 2.42 bits per heavy atom. The van der Waals surface area contributed by atoms with Gasteiger partial charge in [0.2, 0.25) is 5.91 Å². The first kappa shape index (κ1) is 18.3. The lowest BCUT2D eigenvalue weighted by atomic mass is 10.1. The smallest absolute Gasteiger partial charge is 0.221 e. The van der Waals surface area contributed by atoms with E-state index in [0.717, 1.165) is 22.7 Å². The molecule has 2 rings (SSSR count). The van der Waals surface area contributed by atoms with Gasteiger partial charge in [-0.05, 0) is 56.0 Å². The maximum absolute atomic E-state index is 11.9. The van der Waals surface area contributed by atoms with Gasteiger partial charge in [0, 0.05) is 30.2 Å². The van der Waals surface area contributed by atoms with Gasteiger partial charge in [0.15, 0.2) is 0 Å². The summed E-state index contributed by atoms with van der Waals surface area (Å²) in [5.74, 6) is 0.0620. The number of rotatable bonds is 7. The summed E-state index contributed by atoms with van der Waals surface area (Å²) >= 11 is 5.95. The number of carbonyl (C=O) groups excluding carboxylic acids is 1. The lowest BCUT2D eigenvalue weighted by molar-refractivity contribution is -0.120. The molecule has 0 heterocycles. The van der Waals surface area contributed by atoms with Gasteiger partial charge in [-0.15, -0.1) is 0 Å². The molecule has 0 saturated heterocycles. The SMILES string of the molecule is Cc1cc(C)c(NCCC(=O)NCCc2cccc(Cl)c2)c(C)c1. The summed E-state index contributed by atoms with van der Waals surface area (Å²) in [5, 5.41) is 7.06. The second kappa shape index (κ2) is 8.74. The highest BCUT2D eigenvalue weighted by Gasteiger charge is 2.05. The maximum atomic E-state index is 11.9. The molecule has 0 bridgehead atoms. The van der Waals surface area contributed by atoms with Crippen molar-refractivity contribution >= 4 is 23.2 Å². The van der Waals surface area contributed by atoms with E-state index in [1.165, 1.54) is 16.7 Å². The third-order valence-corrected chi connectivity index (χ3v) is 4.19. The molecular formula is C20H25ClN2O. The van der Waals surface area contributed by atoms with Gasteiger partial charge in [-0.1, -0.05) is 41.4 Å². The van der Waals surface area contributed by atoms with E-state index >= 15 is 0 Å². The molecule has 1 amide bonds. The number of amides is 1. The number of benzene rings is 2. The number of hydrogen-bond acceptors (Lipinski definition) is 2. The van der Waals surface area contributed by atoms with Crippen molar-refractivity contribution in [1.82, 2.24) is 5.32 Å². The summed E-state index contributed by atoms with van der Waals surface area (Å²) in [6.07, 6.45) is 1.25. The minimum Gasteiger partial charge on any atom is -0.384 e. The maximum Gasteiger partial charge on any atom is 0.221 e. The predicted octanol–water partition coefficient (Wildman–Crippen LogP) is 4.43. The molecule has 0 aliphatic heterocycles. The molecule has 128 valence electrons. The van der Waals surface area contributed by atoms with Crippen LogP contribution in [0, 0.1) is 20.8 Å².